The highest BCUT2D eigenvalue weighted by molar-refractivity contribution is 7.90. The monoisotopic (exact) mass is 398 g/mol. The summed E-state index contributed by atoms with van der Waals surface area (Å²) in [5, 5.41) is 11.1. The third kappa shape index (κ3) is 5.25. The molecule has 0 unspecified atom stereocenters. The number of sulfone groups is 1. The fourth-order valence-electron chi connectivity index (χ4n) is 2.93. The minimum atomic E-state index is -3.83. The highest BCUT2D eigenvalue weighted by Crippen LogP contribution is 2.25. The Balaban J connectivity index is 2.16. The molecule has 1 atom stereocenters. The molecule has 10 heteroatoms. The molecule has 1 aromatic carbocycles. The van der Waals surface area contributed by atoms with Crippen LogP contribution in [0, 0.1) is 10.1 Å². The molecule has 1 heterocycles. The second-order valence-corrected chi connectivity index (χ2v) is 8.48. The number of carbonyl (C=O) groups is 2. The maximum absolute atomic E-state index is 12.4. The lowest BCUT2D eigenvalue weighted by Gasteiger charge is -2.24. The summed E-state index contributed by atoms with van der Waals surface area (Å²) in [6.45, 7) is 2.66. The number of ether oxygens (including phenoxy) is 1. The lowest BCUT2D eigenvalue weighted by molar-refractivity contribution is -0.387. The molecule has 0 saturated carbocycles. The lowest BCUT2D eigenvalue weighted by Crippen LogP contribution is -2.40. The third-order valence-electron chi connectivity index (χ3n) is 4.34. The van der Waals surface area contributed by atoms with Crippen LogP contribution < -0.4 is 0 Å². The molecule has 1 amide bonds. The largest absolute Gasteiger partial charge is 0.449 e. The number of rotatable bonds is 5. The van der Waals surface area contributed by atoms with Gasteiger partial charge in [-0.2, -0.15) is 0 Å². The third-order valence-corrected chi connectivity index (χ3v) is 5.48. The van der Waals surface area contributed by atoms with E-state index in [0.717, 1.165) is 50.1 Å². The van der Waals surface area contributed by atoms with Gasteiger partial charge >= 0.3 is 5.97 Å². The van der Waals surface area contributed by atoms with Crippen LogP contribution in [-0.2, 0) is 19.4 Å². The fraction of sp³-hybridized carbons (Fsp3) is 0.529. The Hall–Kier alpha value is -2.49. The number of hydrogen-bond donors (Lipinski definition) is 0. The molecule has 0 radical (unpaired) electrons. The molecule has 9 nitrogen and oxygen atoms in total. The molecule has 0 spiro atoms. The van der Waals surface area contributed by atoms with Crippen molar-refractivity contribution in [2.45, 2.75) is 43.6 Å². The van der Waals surface area contributed by atoms with Gasteiger partial charge in [-0.25, -0.2) is 13.2 Å². The predicted octanol–water partition coefficient (Wildman–Crippen LogP) is 1.95. The summed E-state index contributed by atoms with van der Waals surface area (Å²) in [6, 6.07) is 2.97. The van der Waals surface area contributed by atoms with E-state index in [1.54, 1.807) is 4.90 Å². The van der Waals surface area contributed by atoms with Crippen LogP contribution in [0.4, 0.5) is 5.69 Å². The zero-order valence-corrected chi connectivity index (χ0v) is 16.0. The highest BCUT2D eigenvalue weighted by Gasteiger charge is 2.28. The van der Waals surface area contributed by atoms with Gasteiger partial charge in [0.1, 0.15) is 4.90 Å². The average molecular weight is 398 g/mol. The molecule has 1 fully saturated rings. The second-order valence-electron chi connectivity index (χ2n) is 6.50. The van der Waals surface area contributed by atoms with Crippen molar-refractivity contribution >= 4 is 27.4 Å². The van der Waals surface area contributed by atoms with Crippen molar-refractivity contribution in [2.24, 2.45) is 0 Å². The molecule has 1 aromatic rings. The van der Waals surface area contributed by atoms with Gasteiger partial charge in [0, 0.05) is 25.4 Å². The minimum Gasteiger partial charge on any atom is -0.449 e. The van der Waals surface area contributed by atoms with Gasteiger partial charge in [0.15, 0.2) is 15.9 Å². The first-order valence-electron chi connectivity index (χ1n) is 8.59. The number of benzene rings is 1. The molecule has 27 heavy (non-hydrogen) atoms. The average Bonchev–Trinajstić information content (AvgIpc) is 2.88. The first-order valence-corrected chi connectivity index (χ1v) is 10.5. The van der Waals surface area contributed by atoms with E-state index in [4.69, 9.17) is 4.74 Å². The quantitative estimate of drug-likeness (QED) is 0.422. The summed E-state index contributed by atoms with van der Waals surface area (Å²) >= 11 is 0. The summed E-state index contributed by atoms with van der Waals surface area (Å²) in [5.74, 6) is -1.23. The molecule has 0 N–H and O–H groups in total. The van der Waals surface area contributed by atoms with Crippen molar-refractivity contribution in [2.75, 3.05) is 19.3 Å². The van der Waals surface area contributed by atoms with Crippen LogP contribution in [0.1, 0.15) is 43.0 Å². The minimum absolute atomic E-state index is 0.190. The van der Waals surface area contributed by atoms with Crippen LogP contribution in [0.3, 0.4) is 0 Å². The number of amides is 1. The number of nitro groups is 1. The van der Waals surface area contributed by atoms with Gasteiger partial charge in [0.25, 0.3) is 11.6 Å². The van der Waals surface area contributed by atoms with Gasteiger partial charge in [-0.1, -0.05) is 12.8 Å². The number of esters is 1. The van der Waals surface area contributed by atoms with Crippen molar-refractivity contribution < 1.29 is 27.7 Å². The van der Waals surface area contributed by atoms with Crippen LogP contribution in [0.15, 0.2) is 23.1 Å². The maximum Gasteiger partial charge on any atom is 0.339 e. The van der Waals surface area contributed by atoms with E-state index in [-0.39, 0.29) is 11.5 Å². The topological polar surface area (TPSA) is 124 Å². The van der Waals surface area contributed by atoms with Crippen molar-refractivity contribution in [3.8, 4) is 0 Å². The molecule has 1 saturated heterocycles. The zero-order chi connectivity index (χ0) is 20.2. The summed E-state index contributed by atoms with van der Waals surface area (Å²) in [7, 11) is -3.83. The van der Waals surface area contributed by atoms with Crippen molar-refractivity contribution in [1.82, 2.24) is 4.90 Å². The van der Waals surface area contributed by atoms with Crippen molar-refractivity contribution in [3.05, 3.63) is 33.9 Å². The van der Waals surface area contributed by atoms with Gasteiger partial charge in [0.2, 0.25) is 0 Å². The summed E-state index contributed by atoms with van der Waals surface area (Å²) < 4.78 is 28.4. The van der Waals surface area contributed by atoms with Crippen molar-refractivity contribution in [3.63, 3.8) is 0 Å². The van der Waals surface area contributed by atoms with Crippen LogP contribution >= 0.6 is 0 Å². The SMILES string of the molecule is C[C@@H](OC(=O)c1ccc(S(C)(=O)=O)c([N+](=O)[O-])c1)C(=O)N1CCCCCC1. The van der Waals surface area contributed by atoms with Crippen LogP contribution in [0.2, 0.25) is 0 Å². The van der Waals surface area contributed by atoms with E-state index >= 15 is 0 Å². The Morgan fingerprint density at radius 1 is 1.19 bits per heavy atom. The van der Waals surface area contributed by atoms with E-state index in [2.05, 4.69) is 0 Å². The molecule has 148 valence electrons. The smallest absolute Gasteiger partial charge is 0.339 e. The maximum atomic E-state index is 12.4. The van der Waals surface area contributed by atoms with Gasteiger partial charge < -0.3 is 9.64 Å². The molecule has 1 aliphatic rings. The van der Waals surface area contributed by atoms with Gasteiger partial charge in [0.05, 0.1) is 10.5 Å². The molecular formula is C17H22N2O7S. The van der Waals surface area contributed by atoms with E-state index in [9.17, 15) is 28.1 Å². The van der Waals surface area contributed by atoms with Crippen LogP contribution in [0.25, 0.3) is 0 Å². The molecular weight excluding hydrogens is 376 g/mol. The summed E-state index contributed by atoms with van der Waals surface area (Å²) in [6.07, 6.45) is 3.69. The molecule has 0 aliphatic carbocycles. The van der Waals surface area contributed by atoms with E-state index in [1.807, 2.05) is 0 Å². The van der Waals surface area contributed by atoms with Gasteiger partial charge in [-0.3, -0.25) is 14.9 Å². The zero-order valence-electron chi connectivity index (χ0n) is 15.2. The molecule has 0 bridgehead atoms. The Morgan fingerprint density at radius 3 is 2.30 bits per heavy atom. The predicted molar refractivity (Wildman–Crippen MR) is 96.1 cm³/mol. The molecule has 1 aliphatic heterocycles. The van der Waals surface area contributed by atoms with Crippen LogP contribution in [-0.4, -0.2) is 55.6 Å². The Kier molecular flexibility index (Phi) is 6.53. The van der Waals surface area contributed by atoms with E-state index in [1.165, 1.54) is 6.92 Å². The van der Waals surface area contributed by atoms with Crippen LogP contribution in [0.5, 0.6) is 0 Å². The van der Waals surface area contributed by atoms with E-state index < -0.39 is 37.4 Å². The highest BCUT2D eigenvalue weighted by atomic mass is 32.2. The first kappa shape index (κ1) is 20.8. The standard InChI is InChI=1S/C17H22N2O7S/c1-12(16(20)18-9-5-3-4-6-10-18)26-17(21)13-7-8-15(27(2,24)25)14(11-13)19(22)23/h7-8,11-12H,3-6,9-10H2,1-2H3/t12-/m1/s1. The molecule has 0 aromatic heterocycles. The fourth-order valence-corrected chi connectivity index (χ4v) is 3.76. The number of nitro benzene ring substituents is 1. The normalized spacial score (nSPS) is 16.3. The number of nitrogens with zero attached hydrogens (tertiary/aromatic N) is 2. The number of hydrogen-bond acceptors (Lipinski definition) is 7. The summed E-state index contributed by atoms with van der Waals surface area (Å²) in [4.78, 5) is 36.2. The first-order chi connectivity index (χ1) is 12.6. The van der Waals surface area contributed by atoms with E-state index in [0.29, 0.717) is 13.1 Å². The Labute approximate surface area is 157 Å². The summed E-state index contributed by atoms with van der Waals surface area (Å²) in [5.41, 5.74) is -0.900. The van der Waals surface area contributed by atoms with Gasteiger partial charge in [-0.15, -0.1) is 0 Å². The second kappa shape index (κ2) is 8.47. The lowest BCUT2D eigenvalue weighted by atomic mass is 10.2. The number of carbonyl (C=O) groups excluding carboxylic acids is 2. The Bertz CT molecular complexity index is 843. The Morgan fingerprint density at radius 2 is 1.78 bits per heavy atom. The van der Waals surface area contributed by atoms with Gasteiger partial charge in [-0.05, 0) is 31.9 Å². The molecule has 2 rings (SSSR count). The van der Waals surface area contributed by atoms with Crippen molar-refractivity contribution in [1.29, 1.82) is 0 Å². The number of likely N-dealkylation sites (tertiary alicyclic amines) is 1.